The Morgan fingerprint density at radius 3 is 1.31 bits per heavy atom. The molecule has 0 unspecified atom stereocenters. The van der Waals surface area contributed by atoms with Gasteiger partial charge in [0, 0.05) is 56.4 Å². The number of rotatable bonds is 2. The maximum absolute atomic E-state index is 2.40. The highest BCUT2D eigenvalue weighted by Crippen LogP contribution is 2.38. The van der Waals surface area contributed by atoms with Crippen molar-refractivity contribution in [1.29, 1.82) is 0 Å². The van der Waals surface area contributed by atoms with E-state index in [4.69, 9.17) is 0 Å². The molecule has 3 aromatic carbocycles. The molecule has 0 amide bonds. The van der Waals surface area contributed by atoms with Crippen LogP contribution in [0.3, 0.4) is 0 Å². The second-order valence-electron chi connectivity index (χ2n) is 10.8. The number of aromatic nitrogens is 2. The molecular formula is C30H32N2. The molecule has 5 rings (SSSR count). The summed E-state index contributed by atoms with van der Waals surface area (Å²) in [5.41, 5.74) is 7.71. The third-order valence-corrected chi connectivity index (χ3v) is 6.35. The largest absolute Gasteiger partial charge is 0.342 e. The maximum Gasteiger partial charge on any atom is 0.0491 e. The number of hydrogen-bond acceptors (Lipinski definition) is 0. The van der Waals surface area contributed by atoms with Gasteiger partial charge >= 0.3 is 0 Å². The molecule has 2 heterocycles. The lowest BCUT2D eigenvalue weighted by Gasteiger charge is -2.22. The molecule has 0 N–H and O–H groups in total. The van der Waals surface area contributed by atoms with E-state index in [0.29, 0.717) is 0 Å². The molecule has 2 aromatic heterocycles. The monoisotopic (exact) mass is 420 g/mol. The van der Waals surface area contributed by atoms with Gasteiger partial charge in [0.25, 0.3) is 0 Å². The van der Waals surface area contributed by atoms with E-state index in [1.807, 2.05) is 0 Å². The summed E-state index contributed by atoms with van der Waals surface area (Å²) in [5.74, 6) is 0. The lowest BCUT2D eigenvalue weighted by Crippen LogP contribution is -2.20. The smallest absolute Gasteiger partial charge is 0.0491 e. The summed E-state index contributed by atoms with van der Waals surface area (Å²) in [7, 11) is 0. The summed E-state index contributed by atoms with van der Waals surface area (Å²) >= 11 is 0. The van der Waals surface area contributed by atoms with Gasteiger partial charge in [-0.3, -0.25) is 0 Å². The third-order valence-electron chi connectivity index (χ3n) is 6.35. The summed E-state index contributed by atoms with van der Waals surface area (Å²) in [6.45, 7) is 13.6. The molecular weight excluding hydrogens is 388 g/mol. The van der Waals surface area contributed by atoms with Gasteiger partial charge in [-0.05, 0) is 70.9 Å². The minimum Gasteiger partial charge on any atom is -0.342 e. The molecule has 0 saturated carbocycles. The standard InChI is InChI=1S/C30H32N2/c1-29(2,3)31-19-25(23-14-7-9-16-27(23)31)21-12-11-13-22(18-21)26-20-32(30(4,5)6)28-17-10-8-15-24(26)28/h7-20H,1-6H3. The third kappa shape index (κ3) is 3.35. The average molecular weight is 421 g/mol. The topological polar surface area (TPSA) is 9.86 Å². The lowest BCUT2D eigenvalue weighted by molar-refractivity contribution is 0.411. The molecule has 0 aliphatic carbocycles. The quantitative estimate of drug-likeness (QED) is 0.271. The zero-order valence-electron chi connectivity index (χ0n) is 20.0. The predicted octanol–water partition coefficient (Wildman–Crippen LogP) is 8.44. The number of nitrogens with zero attached hydrogens (tertiary/aromatic N) is 2. The Hall–Kier alpha value is -3.26. The number of para-hydroxylation sites is 2. The molecule has 32 heavy (non-hydrogen) atoms. The van der Waals surface area contributed by atoms with E-state index in [0.717, 1.165) is 0 Å². The van der Waals surface area contributed by atoms with Crippen molar-refractivity contribution in [2.24, 2.45) is 0 Å². The molecule has 0 radical (unpaired) electrons. The second-order valence-corrected chi connectivity index (χ2v) is 10.8. The van der Waals surface area contributed by atoms with E-state index in [9.17, 15) is 0 Å². The Kier molecular flexibility index (Phi) is 4.60. The van der Waals surface area contributed by atoms with Crippen LogP contribution in [0.1, 0.15) is 41.5 Å². The lowest BCUT2D eigenvalue weighted by atomic mass is 9.98. The molecule has 0 spiro atoms. The molecule has 0 bridgehead atoms. The minimum absolute atomic E-state index is 0.0234. The van der Waals surface area contributed by atoms with Crippen LogP contribution < -0.4 is 0 Å². The van der Waals surface area contributed by atoms with Crippen molar-refractivity contribution in [3.05, 3.63) is 85.2 Å². The van der Waals surface area contributed by atoms with Crippen LogP contribution in [0.4, 0.5) is 0 Å². The van der Waals surface area contributed by atoms with E-state index in [1.165, 1.54) is 44.1 Å². The van der Waals surface area contributed by atoms with Crippen molar-refractivity contribution in [3.8, 4) is 22.3 Å². The first-order valence-corrected chi connectivity index (χ1v) is 11.5. The molecule has 0 aliphatic rings. The first-order valence-electron chi connectivity index (χ1n) is 11.5. The molecule has 2 heteroatoms. The van der Waals surface area contributed by atoms with Gasteiger partial charge < -0.3 is 9.13 Å². The summed E-state index contributed by atoms with van der Waals surface area (Å²) in [4.78, 5) is 0. The van der Waals surface area contributed by atoms with Gasteiger partial charge in [-0.25, -0.2) is 0 Å². The Labute approximate surface area is 191 Å². The molecule has 0 atom stereocenters. The van der Waals surface area contributed by atoms with Crippen molar-refractivity contribution in [2.75, 3.05) is 0 Å². The number of hydrogen-bond donors (Lipinski definition) is 0. The summed E-state index contributed by atoms with van der Waals surface area (Å²) in [5, 5.41) is 2.60. The van der Waals surface area contributed by atoms with E-state index in [-0.39, 0.29) is 11.1 Å². The molecule has 0 fully saturated rings. The molecule has 5 aromatic rings. The first kappa shape index (κ1) is 20.6. The van der Waals surface area contributed by atoms with Gasteiger partial charge in [0.2, 0.25) is 0 Å². The van der Waals surface area contributed by atoms with Gasteiger partial charge in [-0.2, -0.15) is 0 Å². The zero-order valence-corrected chi connectivity index (χ0v) is 20.0. The van der Waals surface area contributed by atoms with Crippen LogP contribution in [-0.2, 0) is 11.1 Å². The Morgan fingerprint density at radius 2 is 0.906 bits per heavy atom. The van der Waals surface area contributed by atoms with Crippen molar-refractivity contribution in [2.45, 2.75) is 52.6 Å². The number of benzene rings is 3. The van der Waals surface area contributed by atoms with Gasteiger partial charge in [-0.1, -0.05) is 54.6 Å². The fourth-order valence-electron chi connectivity index (χ4n) is 4.78. The van der Waals surface area contributed by atoms with Crippen molar-refractivity contribution >= 4 is 21.8 Å². The van der Waals surface area contributed by atoms with Crippen molar-refractivity contribution in [3.63, 3.8) is 0 Å². The predicted molar refractivity (Wildman–Crippen MR) is 138 cm³/mol. The highest BCUT2D eigenvalue weighted by molar-refractivity contribution is 5.99. The van der Waals surface area contributed by atoms with Crippen LogP contribution in [0.2, 0.25) is 0 Å². The van der Waals surface area contributed by atoms with Gasteiger partial charge in [0.15, 0.2) is 0 Å². The van der Waals surface area contributed by atoms with Crippen LogP contribution in [-0.4, -0.2) is 9.13 Å². The van der Waals surface area contributed by atoms with Crippen molar-refractivity contribution in [1.82, 2.24) is 9.13 Å². The normalized spacial score (nSPS) is 12.7. The van der Waals surface area contributed by atoms with Gasteiger partial charge in [0.05, 0.1) is 0 Å². The van der Waals surface area contributed by atoms with E-state index in [1.54, 1.807) is 0 Å². The van der Waals surface area contributed by atoms with Crippen LogP contribution in [0.15, 0.2) is 85.2 Å². The molecule has 0 saturated heterocycles. The summed E-state index contributed by atoms with van der Waals surface area (Å²) < 4.78 is 4.80. The molecule has 162 valence electrons. The van der Waals surface area contributed by atoms with Crippen LogP contribution >= 0.6 is 0 Å². The SMILES string of the molecule is CC(C)(C)n1cc(-c2cccc(-c3cn(C(C)(C)C)c4ccccc34)c2)c2ccccc21. The fraction of sp³-hybridized carbons (Fsp3) is 0.267. The molecule has 0 aliphatic heterocycles. The highest BCUT2D eigenvalue weighted by atomic mass is 15.0. The first-order chi connectivity index (χ1) is 15.1. The zero-order chi connectivity index (χ0) is 22.7. The van der Waals surface area contributed by atoms with Crippen LogP contribution in [0, 0.1) is 0 Å². The Morgan fingerprint density at radius 1 is 0.500 bits per heavy atom. The van der Waals surface area contributed by atoms with Crippen LogP contribution in [0.5, 0.6) is 0 Å². The average Bonchev–Trinajstić information content (AvgIpc) is 3.33. The van der Waals surface area contributed by atoms with E-state index < -0.39 is 0 Å². The summed E-state index contributed by atoms with van der Waals surface area (Å²) in [6, 6.07) is 26.5. The second kappa shape index (κ2) is 7.13. The summed E-state index contributed by atoms with van der Waals surface area (Å²) in [6.07, 6.45) is 4.64. The Bertz CT molecular complexity index is 1320. The highest BCUT2D eigenvalue weighted by Gasteiger charge is 2.21. The molecule has 2 nitrogen and oxygen atoms in total. The fourth-order valence-corrected chi connectivity index (χ4v) is 4.78. The minimum atomic E-state index is 0.0234. The Balaban J connectivity index is 1.72. The van der Waals surface area contributed by atoms with Gasteiger partial charge in [-0.15, -0.1) is 0 Å². The number of fused-ring (bicyclic) bond motifs is 2. The maximum atomic E-state index is 2.40. The van der Waals surface area contributed by atoms with E-state index >= 15 is 0 Å². The van der Waals surface area contributed by atoms with E-state index in [2.05, 4.69) is 136 Å². The van der Waals surface area contributed by atoms with Crippen molar-refractivity contribution < 1.29 is 0 Å². The van der Waals surface area contributed by atoms with Crippen LogP contribution in [0.25, 0.3) is 44.1 Å². The van der Waals surface area contributed by atoms with Gasteiger partial charge in [0.1, 0.15) is 0 Å².